The van der Waals surface area contributed by atoms with E-state index in [0.717, 1.165) is 24.0 Å². The molecule has 0 saturated carbocycles. The Balaban J connectivity index is 1.92. The van der Waals surface area contributed by atoms with E-state index in [1.165, 1.54) is 10.4 Å². The van der Waals surface area contributed by atoms with Gasteiger partial charge in [0.15, 0.2) is 0 Å². The monoisotopic (exact) mass is 230 g/mol. The zero-order chi connectivity index (χ0) is 11.2. The molecule has 1 nitrogen and oxygen atoms in total. The highest BCUT2D eigenvalue weighted by molar-refractivity contribution is 7.12. The van der Waals surface area contributed by atoms with Crippen LogP contribution < -0.4 is 0 Å². The van der Waals surface area contributed by atoms with Crippen molar-refractivity contribution < 1.29 is 4.79 Å². The lowest BCUT2D eigenvalue weighted by Gasteiger charge is -1.98. The summed E-state index contributed by atoms with van der Waals surface area (Å²) in [5.41, 5.74) is 1.37. The largest absolute Gasteiger partial charge is 0.303 e. The lowest BCUT2D eigenvalue weighted by Crippen LogP contribution is -1.87. The molecule has 82 valence electrons. The molecule has 0 radical (unpaired) electrons. The SMILES string of the molecule is O=CCc1ccc(CCc2ccccc2)s1. The molecule has 0 N–H and O–H groups in total. The highest BCUT2D eigenvalue weighted by Crippen LogP contribution is 2.18. The molecule has 0 fully saturated rings. The van der Waals surface area contributed by atoms with Crippen molar-refractivity contribution in [2.75, 3.05) is 0 Å². The van der Waals surface area contributed by atoms with Crippen LogP contribution in [0.1, 0.15) is 15.3 Å². The van der Waals surface area contributed by atoms with Gasteiger partial charge in [0.2, 0.25) is 0 Å². The Morgan fingerprint density at radius 1 is 0.938 bits per heavy atom. The minimum Gasteiger partial charge on any atom is -0.303 e. The first-order chi connectivity index (χ1) is 7.88. The van der Waals surface area contributed by atoms with Gasteiger partial charge in [0.25, 0.3) is 0 Å². The molecule has 0 aliphatic heterocycles. The van der Waals surface area contributed by atoms with Crippen LogP contribution in [-0.2, 0) is 24.1 Å². The molecule has 0 amide bonds. The van der Waals surface area contributed by atoms with E-state index in [-0.39, 0.29) is 0 Å². The number of aldehydes is 1. The molecular formula is C14H14OS. The van der Waals surface area contributed by atoms with Crippen molar-refractivity contribution in [2.45, 2.75) is 19.3 Å². The van der Waals surface area contributed by atoms with Crippen LogP contribution in [0, 0.1) is 0 Å². The third-order valence-corrected chi connectivity index (χ3v) is 3.67. The van der Waals surface area contributed by atoms with Crippen molar-refractivity contribution in [2.24, 2.45) is 0 Å². The molecule has 0 unspecified atom stereocenters. The molecule has 0 saturated heterocycles. The molecule has 1 aromatic heterocycles. The third-order valence-electron chi connectivity index (χ3n) is 2.50. The van der Waals surface area contributed by atoms with E-state index in [4.69, 9.17) is 0 Å². The Labute approximate surface area is 99.8 Å². The summed E-state index contributed by atoms with van der Waals surface area (Å²) in [6.07, 6.45) is 3.65. The van der Waals surface area contributed by atoms with Crippen molar-refractivity contribution in [3.63, 3.8) is 0 Å². The van der Waals surface area contributed by atoms with Crippen LogP contribution >= 0.6 is 11.3 Å². The summed E-state index contributed by atoms with van der Waals surface area (Å²) >= 11 is 1.75. The minimum atomic E-state index is 0.552. The maximum Gasteiger partial charge on any atom is 0.125 e. The van der Waals surface area contributed by atoms with Gasteiger partial charge in [-0.15, -0.1) is 11.3 Å². The molecular weight excluding hydrogens is 216 g/mol. The fourth-order valence-electron chi connectivity index (χ4n) is 1.66. The molecule has 0 bridgehead atoms. The molecule has 1 heterocycles. The van der Waals surface area contributed by atoms with Crippen LogP contribution in [-0.4, -0.2) is 6.29 Å². The van der Waals surface area contributed by atoms with Gasteiger partial charge in [-0.05, 0) is 30.5 Å². The molecule has 1 aromatic carbocycles. The highest BCUT2D eigenvalue weighted by Gasteiger charge is 2.00. The summed E-state index contributed by atoms with van der Waals surface area (Å²) in [5, 5.41) is 0. The Bertz CT molecular complexity index is 445. The van der Waals surface area contributed by atoms with Gasteiger partial charge in [-0.3, -0.25) is 0 Å². The molecule has 2 aromatic rings. The number of thiophene rings is 1. The minimum absolute atomic E-state index is 0.552. The second kappa shape index (κ2) is 5.61. The first kappa shape index (κ1) is 11.1. The number of hydrogen-bond donors (Lipinski definition) is 0. The number of carbonyl (C=O) groups excluding carboxylic acids is 1. The van der Waals surface area contributed by atoms with Gasteiger partial charge in [0, 0.05) is 16.2 Å². The second-order valence-electron chi connectivity index (χ2n) is 3.72. The average Bonchev–Trinajstić information content (AvgIpc) is 2.76. The lowest BCUT2D eigenvalue weighted by atomic mass is 10.1. The van der Waals surface area contributed by atoms with Crippen molar-refractivity contribution in [3.05, 3.63) is 57.8 Å². The number of carbonyl (C=O) groups is 1. The zero-order valence-corrected chi connectivity index (χ0v) is 9.87. The van der Waals surface area contributed by atoms with E-state index in [0.29, 0.717) is 6.42 Å². The molecule has 2 heteroatoms. The normalized spacial score (nSPS) is 10.2. The first-order valence-corrected chi connectivity index (χ1v) is 6.25. The summed E-state index contributed by atoms with van der Waals surface area (Å²) in [5.74, 6) is 0. The number of rotatable bonds is 5. The molecule has 0 aliphatic rings. The fraction of sp³-hybridized carbons (Fsp3) is 0.214. The van der Waals surface area contributed by atoms with Gasteiger partial charge in [-0.25, -0.2) is 0 Å². The fourth-order valence-corrected chi connectivity index (χ4v) is 2.63. The molecule has 2 rings (SSSR count). The Morgan fingerprint density at radius 2 is 1.69 bits per heavy atom. The van der Waals surface area contributed by atoms with Crippen LogP contribution in [0.5, 0.6) is 0 Å². The van der Waals surface area contributed by atoms with Crippen LogP contribution in [0.25, 0.3) is 0 Å². The Hall–Kier alpha value is -1.41. The van der Waals surface area contributed by atoms with Crippen LogP contribution in [0.2, 0.25) is 0 Å². The first-order valence-electron chi connectivity index (χ1n) is 5.43. The summed E-state index contributed by atoms with van der Waals surface area (Å²) in [4.78, 5) is 12.9. The van der Waals surface area contributed by atoms with E-state index in [2.05, 4.69) is 36.4 Å². The predicted molar refractivity (Wildman–Crippen MR) is 67.9 cm³/mol. The lowest BCUT2D eigenvalue weighted by molar-refractivity contribution is -0.107. The second-order valence-corrected chi connectivity index (χ2v) is 4.98. The van der Waals surface area contributed by atoms with E-state index >= 15 is 0 Å². The molecule has 0 spiro atoms. The van der Waals surface area contributed by atoms with Gasteiger partial charge in [-0.2, -0.15) is 0 Å². The van der Waals surface area contributed by atoms with E-state index in [1.54, 1.807) is 11.3 Å². The quantitative estimate of drug-likeness (QED) is 0.720. The van der Waals surface area contributed by atoms with E-state index < -0.39 is 0 Å². The van der Waals surface area contributed by atoms with Gasteiger partial charge in [0.1, 0.15) is 6.29 Å². The van der Waals surface area contributed by atoms with E-state index in [9.17, 15) is 4.79 Å². The molecule has 16 heavy (non-hydrogen) atoms. The summed E-state index contributed by atoms with van der Waals surface area (Å²) in [6, 6.07) is 14.7. The number of aryl methyl sites for hydroxylation is 2. The van der Waals surface area contributed by atoms with Gasteiger partial charge >= 0.3 is 0 Å². The highest BCUT2D eigenvalue weighted by atomic mass is 32.1. The van der Waals surface area contributed by atoms with Gasteiger partial charge in [-0.1, -0.05) is 30.3 Å². The standard InChI is InChI=1S/C14H14OS/c15-11-10-14-9-8-13(16-14)7-6-12-4-2-1-3-5-12/h1-5,8-9,11H,6-7,10H2. The van der Waals surface area contributed by atoms with Crippen LogP contribution in [0.15, 0.2) is 42.5 Å². The zero-order valence-electron chi connectivity index (χ0n) is 9.06. The number of hydrogen-bond acceptors (Lipinski definition) is 2. The van der Waals surface area contributed by atoms with E-state index in [1.807, 2.05) is 6.07 Å². The number of benzene rings is 1. The topological polar surface area (TPSA) is 17.1 Å². The Kier molecular flexibility index (Phi) is 3.89. The van der Waals surface area contributed by atoms with Gasteiger partial charge in [0.05, 0.1) is 0 Å². The van der Waals surface area contributed by atoms with Crippen LogP contribution in [0.3, 0.4) is 0 Å². The summed E-state index contributed by atoms with van der Waals surface area (Å²) < 4.78 is 0. The predicted octanol–water partition coefficient (Wildman–Crippen LogP) is 3.27. The summed E-state index contributed by atoms with van der Waals surface area (Å²) in [7, 11) is 0. The maximum atomic E-state index is 10.4. The average molecular weight is 230 g/mol. The Morgan fingerprint density at radius 3 is 2.44 bits per heavy atom. The third kappa shape index (κ3) is 3.04. The van der Waals surface area contributed by atoms with Crippen molar-refractivity contribution >= 4 is 17.6 Å². The van der Waals surface area contributed by atoms with Crippen LogP contribution in [0.4, 0.5) is 0 Å². The smallest absolute Gasteiger partial charge is 0.125 e. The van der Waals surface area contributed by atoms with Gasteiger partial charge < -0.3 is 4.79 Å². The molecule has 0 atom stereocenters. The van der Waals surface area contributed by atoms with Crippen molar-refractivity contribution in [1.29, 1.82) is 0 Å². The van der Waals surface area contributed by atoms with Crippen molar-refractivity contribution in [3.8, 4) is 0 Å². The summed E-state index contributed by atoms with van der Waals surface area (Å²) in [6.45, 7) is 0. The maximum absolute atomic E-state index is 10.4. The molecule has 0 aliphatic carbocycles. The van der Waals surface area contributed by atoms with Crippen molar-refractivity contribution in [1.82, 2.24) is 0 Å².